The van der Waals surface area contributed by atoms with Crippen LogP contribution in [0.5, 0.6) is 0 Å². The SMILES string of the molecule is C[C@H](C(=O)O)C(C(=O)OC(C)(C)C)C(=O)OC(C)(C)C. The maximum absolute atomic E-state index is 12.0. The van der Waals surface area contributed by atoms with Crippen LogP contribution in [0.2, 0.25) is 0 Å². The first-order valence-corrected chi connectivity index (χ1v) is 6.43. The molecule has 1 atom stereocenters. The van der Waals surface area contributed by atoms with Crippen molar-refractivity contribution < 1.29 is 29.0 Å². The summed E-state index contributed by atoms with van der Waals surface area (Å²) in [4.78, 5) is 35.2. The number of carboxylic acid groups (broad SMARTS) is 1. The fraction of sp³-hybridized carbons (Fsp3) is 0.786. The van der Waals surface area contributed by atoms with Gasteiger partial charge in [0.15, 0.2) is 5.92 Å². The molecular weight excluding hydrogens is 264 g/mol. The van der Waals surface area contributed by atoms with Crippen LogP contribution in [0.25, 0.3) is 0 Å². The number of aliphatic carboxylic acids is 1. The Hall–Kier alpha value is -1.59. The van der Waals surface area contributed by atoms with E-state index in [4.69, 9.17) is 14.6 Å². The van der Waals surface area contributed by atoms with E-state index in [1.54, 1.807) is 41.5 Å². The summed E-state index contributed by atoms with van der Waals surface area (Å²) in [6.07, 6.45) is 0. The molecule has 0 radical (unpaired) electrons. The van der Waals surface area contributed by atoms with Crippen LogP contribution in [-0.2, 0) is 23.9 Å². The molecule has 0 saturated heterocycles. The van der Waals surface area contributed by atoms with Crippen molar-refractivity contribution in [3.05, 3.63) is 0 Å². The summed E-state index contributed by atoms with van der Waals surface area (Å²) in [5, 5.41) is 9.03. The second kappa shape index (κ2) is 6.24. The van der Waals surface area contributed by atoms with Crippen LogP contribution < -0.4 is 0 Å². The van der Waals surface area contributed by atoms with Crippen molar-refractivity contribution in [2.45, 2.75) is 59.7 Å². The molecule has 0 spiro atoms. The quantitative estimate of drug-likeness (QED) is 0.628. The molecule has 0 aromatic heterocycles. The molecule has 0 fully saturated rings. The minimum atomic E-state index is -1.48. The summed E-state index contributed by atoms with van der Waals surface area (Å²) in [5.41, 5.74) is -1.62. The molecule has 0 aromatic carbocycles. The second-order valence-electron chi connectivity index (χ2n) is 6.67. The van der Waals surface area contributed by atoms with E-state index < -0.39 is 40.9 Å². The van der Waals surface area contributed by atoms with Crippen molar-refractivity contribution in [3.8, 4) is 0 Å². The largest absolute Gasteiger partial charge is 0.481 e. The second-order valence-corrected chi connectivity index (χ2v) is 6.67. The number of esters is 2. The molecule has 0 amide bonds. The first-order chi connectivity index (χ1) is 8.74. The van der Waals surface area contributed by atoms with Crippen LogP contribution in [0.15, 0.2) is 0 Å². The highest BCUT2D eigenvalue weighted by Gasteiger charge is 2.41. The lowest BCUT2D eigenvalue weighted by atomic mass is 9.93. The van der Waals surface area contributed by atoms with E-state index in [0.29, 0.717) is 0 Å². The molecule has 0 aliphatic heterocycles. The number of ether oxygens (including phenoxy) is 2. The van der Waals surface area contributed by atoms with Gasteiger partial charge in [-0.1, -0.05) is 6.92 Å². The molecule has 0 unspecified atom stereocenters. The third-order valence-electron chi connectivity index (χ3n) is 2.21. The van der Waals surface area contributed by atoms with Gasteiger partial charge in [0.1, 0.15) is 11.2 Å². The van der Waals surface area contributed by atoms with Gasteiger partial charge in [-0.25, -0.2) is 0 Å². The van der Waals surface area contributed by atoms with Crippen molar-refractivity contribution in [2.24, 2.45) is 11.8 Å². The highest BCUT2D eigenvalue weighted by molar-refractivity contribution is 5.99. The maximum atomic E-state index is 12.0. The van der Waals surface area contributed by atoms with Gasteiger partial charge in [-0.15, -0.1) is 0 Å². The molecule has 6 heteroatoms. The van der Waals surface area contributed by atoms with Crippen LogP contribution in [0, 0.1) is 11.8 Å². The molecule has 0 saturated carbocycles. The van der Waals surface area contributed by atoms with Crippen molar-refractivity contribution in [1.82, 2.24) is 0 Å². The highest BCUT2D eigenvalue weighted by atomic mass is 16.6. The molecule has 6 nitrogen and oxygen atoms in total. The molecule has 1 N–H and O–H groups in total. The molecule has 0 rings (SSSR count). The maximum Gasteiger partial charge on any atom is 0.321 e. The van der Waals surface area contributed by atoms with Crippen molar-refractivity contribution >= 4 is 17.9 Å². The Morgan fingerprint density at radius 2 is 1.15 bits per heavy atom. The van der Waals surface area contributed by atoms with Crippen LogP contribution in [0.4, 0.5) is 0 Å². The zero-order chi connectivity index (χ0) is 16.3. The number of rotatable bonds is 4. The first-order valence-electron chi connectivity index (χ1n) is 6.43. The smallest absolute Gasteiger partial charge is 0.321 e. The van der Waals surface area contributed by atoms with Crippen LogP contribution in [-0.4, -0.2) is 34.2 Å². The van der Waals surface area contributed by atoms with Crippen molar-refractivity contribution in [1.29, 1.82) is 0 Å². The van der Waals surface area contributed by atoms with Crippen molar-refractivity contribution in [2.75, 3.05) is 0 Å². The lowest BCUT2D eigenvalue weighted by Crippen LogP contribution is -2.42. The predicted molar refractivity (Wildman–Crippen MR) is 72.0 cm³/mol. The highest BCUT2D eigenvalue weighted by Crippen LogP contribution is 2.22. The number of hydrogen-bond acceptors (Lipinski definition) is 5. The normalized spacial score (nSPS) is 13.8. The lowest BCUT2D eigenvalue weighted by Gasteiger charge is -2.27. The van der Waals surface area contributed by atoms with Gasteiger partial charge < -0.3 is 14.6 Å². The summed E-state index contributed by atoms with van der Waals surface area (Å²) in [5.74, 6) is -5.74. The van der Waals surface area contributed by atoms with Gasteiger partial charge in [-0.2, -0.15) is 0 Å². The van der Waals surface area contributed by atoms with E-state index >= 15 is 0 Å². The summed E-state index contributed by atoms with van der Waals surface area (Å²) in [7, 11) is 0. The number of carbonyl (C=O) groups is 3. The molecule has 0 heterocycles. The van der Waals surface area contributed by atoms with Gasteiger partial charge in [0.05, 0.1) is 5.92 Å². The zero-order valence-corrected chi connectivity index (χ0v) is 13.1. The monoisotopic (exact) mass is 288 g/mol. The van der Waals surface area contributed by atoms with Crippen LogP contribution in [0.3, 0.4) is 0 Å². The Morgan fingerprint density at radius 1 is 0.850 bits per heavy atom. The van der Waals surface area contributed by atoms with Gasteiger partial charge in [0, 0.05) is 0 Å². The van der Waals surface area contributed by atoms with E-state index in [1.807, 2.05) is 0 Å². The summed E-state index contributed by atoms with van der Waals surface area (Å²) in [6.45, 7) is 11.1. The van der Waals surface area contributed by atoms with Gasteiger partial charge in [0.2, 0.25) is 0 Å². The Morgan fingerprint density at radius 3 is 1.35 bits per heavy atom. The number of carboxylic acids is 1. The lowest BCUT2D eigenvalue weighted by molar-refractivity contribution is -0.180. The Kier molecular flexibility index (Phi) is 5.74. The van der Waals surface area contributed by atoms with E-state index in [9.17, 15) is 14.4 Å². The third kappa shape index (κ3) is 6.54. The van der Waals surface area contributed by atoms with Gasteiger partial charge in [-0.05, 0) is 41.5 Å². The average Bonchev–Trinajstić information content (AvgIpc) is 2.10. The number of carbonyl (C=O) groups excluding carboxylic acids is 2. The molecule has 116 valence electrons. The molecule has 0 aliphatic carbocycles. The van der Waals surface area contributed by atoms with Gasteiger partial charge >= 0.3 is 17.9 Å². The topological polar surface area (TPSA) is 89.9 Å². The predicted octanol–water partition coefficient (Wildman–Crippen LogP) is 2.01. The fourth-order valence-electron chi connectivity index (χ4n) is 1.38. The summed E-state index contributed by atoms with van der Waals surface area (Å²) < 4.78 is 10.2. The first kappa shape index (κ1) is 18.4. The number of hydrogen-bond donors (Lipinski definition) is 1. The fourth-order valence-corrected chi connectivity index (χ4v) is 1.38. The molecule has 0 aromatic rings. The van der Waals surface area contributed by atoms with E-state index in [1.165, 1.54) is 6.92 Å². The summed E-state index contributed by atoms with van der Waals surface area (Å²) in [6, 6.07) is 0. The van der Waals surface area contributed by atoms with Crippen LogP contribution >= 0.6 is 0 Å². The molecular formula is C14H24O6. The van der Waals surface area contributed by atoms with Crippen molar-refractivity contribution in [3.63, 3.8) is 0 Å². The zero-order valence-electron chi connectivity index (χ0n) is 13.1. The van der Waals surface area contributed by atoms with E-state index in [-0.39, 0.29) is 0 Å². The Balaban J connectivity index is 5.24. The molecule has 0 bridgehead atoms. The molecule has 0 aliphatic rings. The van der Waals surface area contributed by atoms with E-state index in [0.717, 1.165) is 0 Å². The Labute approximate surface area is 119 Å². The summed E-state index contributed by atoms with van der Waals surface area (Å²) >= 11 is 0. The minimum Gasteiger partial charge on any atom is -0.481 e. The Bertz CT molecular complexity index is 357. The third-order valence-corrected chi connectivity index (χ3v) is 2.21. The van der Waals surface area contributed by atoms with Crippen LogP contribution in [0.1, 0.15) is 48.5 Å². The minimum absolute atomic E-state index is 0.810. The van der Waals surface area contributed by atoms with Gasteiger partial charge in [0.25, 0.3) is 0 Å². The standard InChI is InChI=1S/C14H24O6/c1-8(10(15)16)9(11(17)19-13(2,3)4)12(18)20-14(5,6)7/h8-9H,1-7H3,(H,15,16)/t8-/m0/s1. The van der Waals surface area contributed by atoms with E-state index in [2.05, 4.69) is 0 Å². The molecule has 20 heavy (non-hydrogen) atoms. The average molecular weight is 288 g/mol. The van der Waals surface area contributed by atoms with Gasteiger partial charge in [-0.3, -0.25) is 14.4 Å².